The first-order valence-corrected chi connectivity index (χ1v) is 7.76. The maximum atomic E-state index is 13.3. The second-order valence-electron chi connectivity index (χ2n) is 4.86. The lowest BCUT2D eigenvalue weighted by atomic mass is 10.2. The number of aliphatic hydroxyl groups is 1. The van der Waals surface area contributed by atoms with Gasteiger partial charge in [-0.3, -0.25) is 0 Å². The Hall–Kier alpha value is -1.42. The molecule has 0 atom stereocenters. The molecule has 1 N–H and O–H groups in total. The van der Waals surface area contributed by atoms with Gasteiger partial charge >= 0.3 is 0 Å². The molecule has 0 aromatic heterocycles. The third-order valence-electron chi connectivity index (χ3n) is 3.24. The Morgan fingerprint density at radius 2 is 2.15 bits per heavy atom. The SMILES string of the molecule is C#CCN(CC1CC1)S(=O)(=O)c1cc(F)ccc1CO. The second kappa shape index (κ2) is 5.92. The highest BCUT2D eigenvalue weighted by Gasteiger charge is 2.32. The molecule has 1 fully saturated rings. The highest BCUT2D eigenvalue weighted by molar-refractivity contribution is 7.89. The third kappa shape index (κ3) is 3.18. The minimum absolute atomic E-state index is 0.0553. The fraction of sp³-hybridized carbons (Fsp3) is 0.429. The third-order valence-corrected chi connectivity index (χ3v) is 5.14. The van der Waals surface area contributed by atoms with E-state index in [1.165, 1.54) is 10.4 Å². The van der Waals surface area contributed by atoms with Crippen molar-refractivity contribution in [3.63, 3.8) is 0 Å². The number of sulfonamides is 1. The maximum Gasteiger partial charge on any atom is 0.244 e. The van der Waals surface area contributed by atoms with Gasteiger partial charge in [0.1, 0.15) is 5.82 Å². The Labute approximate surface area is 118 Å². The van der Waals surface area contributed by atoms with Gasteiger partial charge in [0.25, 0.3) is 0 Å². The van der Waals surface area contributed by atoms with E-state index in [4.69, 9.17) is 6.42 Å². The van der Waals surface area contributed by atoms with E-state index in [1.54, 1.807) is 0 Å². The largest absolute Gasteiger partial charge is 0.392 e. The van der Waals surface area contributed by atoms with Crippen molar-refractivity contribution in [1.82, 2.24) is 4.31 Å². The molecule has 6 heteroatoms. The fourth-order valence-corrected chi connectivity index (χ4v) is 3.63. The minimum atomic E-state index is -3.89. The number of rotatable bonds is 6. The summed E-state index contributed by atoms with van der Waals surface area (Å²) in [5, 5.41) is 9.23. The molecule has 1 aromatic carbocycles. The van der Waals surface area contributed by atoms with Crippen molar-refractivity contribution in [2.45, 2.75) is 24.3 Å². The van der Waals surface area contributed by atoms with Crippen LogP contribution in [-0.2, 0) is 16.6 Å². The molecule has 1 aromatic rings. The molecule has 0 aliphatic heterocycles. The van der Waals surface area contributed by atoms with Crippen LogP contribution in [0, 0.1) is 24.1 Å². The molecular formula is C14H16FNO3S. The van der Waals surface area contributed by atoms with Crippen molar-refractivity contribution in [2.24, 2.45) is 5.92 Å². The number of benzene rings is 1. The first kappa shape index (κ1) is 15.0. The van der Waals surface area contributed by atoms with E-state index in [-0.39, 0.29) is 17.0 Å². The average Bonchev–Trinajstić information content (AvgIpc) is 3.22. The molecule has 0 saturated heterocycles. The summed E-state index contributed by atoms with van der Waals surface area (Å²) in [7, 11) is -3.89. The molecule has 0 bridgehead atoms. The van der Waals surface area contributed by atoms with Crippen LogP contribution in [0.5, 0.6) is 0 Å². The summed E-state index contributed by atoms with van der Waals surface area (Å²) in [6.07, 6.45) is 7.18. The standard InChI is InChI=1S/C14H16FNO3S/c1-2-7-16(9-11-3-4-11)20(18,19)14-8-13(15)6-5-12(14)10-17/h1,5-6,8,11,17H,3-4,7,9-10H2. The van der Waals surface area contributed by atoms with Gasteiger partial charge < -0.3 is 5.11 Å². The smallest absolute Gasteiger partial charge is 0.244 e. The molecule has 108 valence electrons. The maximum absolute atomic E-state index is 13.3. The number of terminal acetylenes is 1. The van der Waals surface area contributed by atoms with Gasteiger partial charge in [0, 0.05) is 6.54 Å². The first-order valence-electron chi connectivity index (χ1n) is 6.32. The normalized spacial score (nSPS) is 15.3. The summed E-state index contributed by atoms with van der Waals surface area (Å²) >= 11 is 0. The summed E-state index contributed by atoms with van der Waals surface area (Å²) in [4.78, 5) is -0.212. The van der Waals surface area contributed by atoms with Crippen LogP contribution in [0.3, 0.4) is 0 Å². The van der Waals surface area contributed by atoms with Gasteiger partial charge in [-0.2, -0.15) is 4.31 Å². The topological polar surface area (TPSA) is 57.6 Å². The van der Waals surface area contributed by atoms with Gasteiger partial charge in [0.05, 0.1) is 18.0 Å². The van der Waals surface area contributed by atoms with Crippen LogP contribution < -0.4 is 0 Å². The number of halogens is 1. The van der Waals surface area contributed by atoms with Gasteiger partial charge in [-0.05, 0) is 36.5 Å². The molecule has 0 radical (unpaired) electrons. The summed E-state index contributed by atoms with van der Waals surface area (Å²) in [5.41, 5.74) is 0.171. The number of nitrogens with zero attached hydrogens (tertiary/aromatic N) is 1. The van der Waals surface area contributed by atoms with E-state index in [1.807, 2.05) is 0 Å². The number of hydrogen-bond acceptors (Lipinski definition) is 3. The molecule has 0 unspecified atom stereocenters. The van der Waals surface area contributed by atoms with Gasteiger partial charge in [-0.15, -0.1) is 6.42 Å². The Morgan fingerprint density at radius 3 is 2.70 bits per heavy atom. The Morgan fingerprint density at radius 1 is 1.45 bits per heavy atom. The Balaban J connectivity index is 2.40. The van der Waals surface area contributed by atoms with Gasteiger partial charge in [-0.1, -0.05) is 12.0 Å². The van der Waals surface area contributed by atoms with Gasteiger partial charge in [-0.25, -0.2) is 12.8 Å². The molecule has 1 aliphatic carbocycles. The monoisotopic (exact) mass is 297 g/mol. The number of aliphatic hydroxyl groups excluding tert-OH is 1. The van der Waals surface area contributed by atoms with Crippen LogP contribution in [0.25, 0.3) is 0 Å². The average molecular weight is 297 g/mol. The van der Waals surface area contributed by atoms with E-state index >= 15 is 0 Å². The molecule has 20 heavy (non-hydrogen) atoms. The molecular weight excluding hydrogens is 281 g/mol. The second-order valence-corrected chi connectivity index (χ2v) is 6.76. The van der Waals surface area contributed by atoms with Crippen LogP contribution in [0.15, 0.2) is 23.1 Å². The summed E-state index contributed by atoms with van der Waals surface area (Å²) in [5.74, 6) is 1.98. The predicted molar refractivity (Wildman–Crippen MR) is 72.6 cm³/mol. The van der Waals surface area contributed by atoms with Gasteiger partial charge in [0.2, 0.25) is 10.0 Å². The van der Waals surface area contributed by atoms with Crippen molar-refractivity contribution in [3.8, 4) is 12.3 Å². The molecule has 1 aliphatic rings. The summed E-state index contributed by atoms with van der Waals surface area (Å²) in [6, 6.07) is 3.32. The lowest BCUT2D eigenvalue weighted by Crippen LogP contribution is -2.34. The first-order chi connectivity index (χ1) is 9.48. The highest BCUT2D eigenvalue weighted by atomic mass is 32.2. The predicted octanol–water partition coefficient (Wildman–Crippen LogP) is 1.35. The Kier molecular flexibility index (Phi) is 4.43. The van der Waals surface area contributed by atoms with E-state index < -0.39 is 22.4 Å². The zero-order valence-electron chi connectivity index (χ0n) is 10.9. The highest BCUT2D eigenvalue weighted by Crippen LogP contribution is 2.32. The zero-order chi connectivity index (χ0) is 14.8. The van der Waals surface area contributed by atoms with Crippen LogP contribution in [-0.4, -0.2) is 30.9 Å². The van der Waals surface area contributed by atoms with Crippen molar-refractivity contribution >= 4 is 10.0 Å². The van der Waals surface area contributed by atoms with E-state index in [9.17, 15) is 17.9 Å². The molecule has 0 amide bonds. The van der Waals surface area contributed by atoms with Crippen LogP contribution in [0.1, 0.15) is 18.4 Å². The summed E-state index contributed by atoms with van der Waals surface area (Å²) in [6.45, 7) is -0.184. The molecule has 0 heterocycles. The minimum Gasteiger partial charge on any atom is -0.392 e. The van der Waals surface area contributed by atoms with Crippen molar-refractivity contribution < 1.29 is 17.9 Å². The lowest BCUT2D eigenvalue weighted by molar-refractivity contribution is 0.277. The number of hydrogen-bond donors (Lipinski definition) is 1. The molecule has 2 rings (SSSR count). The van der Waals surface area contributed by atoms with Crippen LogP contribution >= 0.6 is 0 Å². The molecule has 4 nitrogen and oxygen atoms in total. The van der Waals surface area contributed by atoms with Crippen LogP contribution in [0.4, 0.5) is 4.39 Å². The Bertz CT molecular complexity index is 632. The van der Waals surface area contributed by atoms with Crippen molar-refractivity contribution in [3.05, 3.63) is 29.6 Å². The van der Waals surface area contributed by atoms with Crippen molar-refractivity contribution in [2.75, 3.05) is 13.1 Å². The van der Waals surface area contributed by atoms with E-state index in [0.29, 0.717) is 12.5 Å². The van der Waals surface area contributed by atoms with E-state index in [0.717, 1.165) is 25.0 Å². The zero-order valence-corrected chi connectivity index (χ0v) is 11.7. The molecule has 0 spiro atoms. The quantitative estimate of drug-likeness (QED) is 0.806. The van der Waals surface area contributed by atoms with E-state index in [2.05, 4.69) is 5.92 Å². The molecule has 1 saturated carbocycles. The lowest BCUT2D eigenvalue weighted by Gasteiger charge is -2.21. The van der Waals surface area contributed by atoms with Gasteiger partial charge in [0.15, 0.2) is 0 Å². The summed E-state index contributed by atoms with van der Waals surface area (Å²) < 4.78 is 39.7. The fourth-order valence-electron chi connectivity index (χ4n) is 1.98. The van der Waals surface area contributed by atoms with Crippen LogP contribution in [0.2, 0.25) is 0 Å². The van der Waals surface area contributed by atoms with Crippen molar-refractivity contribution in [1.29, 1.82) is 0 Å².